The fraction of sp³-hybridized carbons (Fsp3) is 0.560. The van der Waals surface area contributed by atoms with Crippen LogP contribution in [-0.4, -0.2) is 55.3 Å². The van der Waals surface area contributed by atoms with E-state index in [1.165, 1.54) is 0 Å². The van der Waals surface area contributed by atoms with Crippen LogP contribution in [0.25, 0.3) is 0 Å². The van der Waals surface area contributed by atoms with Gasteiger partial charge in [0.25, 0.3) is 5.91 Å². The zero-order valence-corrected chi connectivity index (χ0v) is 20.4. The predicted molar refractivity (Wildman–Crippen MR) is 129 cm³/mol. The van der Waals surface area contributed by atoms with Gasteiger partial charge in [-0.25, -0.2) is 4.98 Å². The number of amides is 1. The first-order valence-corrected chi connectivity index (χ1v) is 11.9. The van der Waals surface area contributed by atoms with Crippen LogP contribution in [0.2, 0.25) is 0 Å². The summed E-state index contributed by atoms with van der Waals surface area (Å²) in [5.74, 6) is 0.778. The predicted octanol–water partition coefficient (Wildman–Crippen LogP) is 3.39. The van der Waals surface area contributed by atoms with Crippen LogP contribution in [0.5, 0.6) is 0 Å². The molecule has 0 aromatic carbocycles. The lowest BCUT2D eigenvalue weighted by atomic mass is 9.49. The fourth-order valence-electron chi connectivity index (χ4n) is 5.68. The van der Waals surface area contributed by atoms with E-state index in [9.17, 15) is 4.79 Å². The van der Waals surface area contributed by atoms with Gasteiger partial charge in [-0.05, 0) is 18.2 Å². The van der Waals surface area contributed by atoms with E-state index in [0.29, 0.717) is 22.6 Å². The summed E-state index contributed by atoms with van der Waals surface area (Å²) in [5.41, 5.74) is 0.506. The van der Waals surface area contributed by atoms with E-state index in [1.807, 2.05) is 18.2 Å². The lowest BCUT2D eigenvalue weighted by Gasteiger charge is -2.64. The maximum absolute atomic E-state index is 13.0. The highest BCUT2D eigenvalue weighted by atomic mass is 35.5. The van der Waals surface area contributed by atoms with Crippen LogP contribution in [0.4, 0.5) is 5.82 Å². The second kappa shape index (κ2) is 9.09. The maximum Gasteiger partial charge on any atom is 0.253 e. The number of carbonyl (C=O) groups is 1. The Hall–Kier alpha value is -2.40. The smallest absolute Gasteiger partial charge is 0.253 e. The van der Waals surface area contributed by atoms with Crippen molar-refractivity contribution in [3.8, 4) is 6.07 Å². The zero-order chi connectivity index (χ0) is 23.8. The molecule has 0 bridgehead atoms. The average molecular weight is 470 g/mol. The van der Waals surface area contributed by atoms with Gasteiger partial charge in [-0.3, -0.25) is 4.79 Å². The second-order valence-electron chi connectivity index (χ2n) is 10.2. The Kier molecular flexibility index (Phi) is 6.54. The Morgan fingerprint density at radius 1 is 1.27 bits per heavy atom. The number of ether oxygens (including phenoxy) is 1. The lowest BCUT2D eigenvalue weighted by Crippen LogP contribution is -2.74. The molecular formula is C25H32ClN5O2. The van der Waals surface area contributed by atoms with Gasteiger partial charge in [0.15, 0.2) is 0 Å². The fourth-order valence-corrected chi connectivity index (χ4v) is 5.93. The molecule has 1 unspecified atom stereocenters. The van der Waals surface area contributed by atoms with Crippen molar-refractivity contribution in [1.29, 1.82) is 5.26 Å². The zero-order valence-electron chi connectivity index (χ0n) is 19.7. The minimum atomic E-state index is -0.271. The third-order valence-corrected chi connectivity index (χ3v) is 7.51. The largest absolute Gasteiger partial charge is 0.369 e. The van der Waals surface area contributed by atoms with Gasteiger partial charge in [0.1, 0.15) is 11.9 Å². The van der Waals surface area contributed by atoms with E-state index < -0.39 is 0 Å². The van der Waals surface area contributed by atoms with Gasteiger partial charge < -0.3 is 20.3 Å². The summed E-state index contributed by atoms with van der Waals surface area (Å²) in [4.78, 5) is 19.8. The molecule has 0 spiro atoms. The van der Waals surface area contributed by atoms with Crippen molar-refractivity contribution in [3.63, 3.8) is 0 Å². The Balaban J connectivity index is 1.39. The minimum Gasteiger partial charge on any atom is -0.369 e. The lowest BCUT2D eigenvalue weighted by molar-refractivity contribution is -0.220. The van der Waals surface area contributed by atoms with Crippen molar-refractivity contribution in [3.05, 3.63) is 46.7 Å². The molecule has 7 nitrogen and oxygen atoms in total. The normalized spacial score (nSPS) is 28.1. The highest BCUT2D eigenvalue weighted by molar-refractivity contribution is 6.30. The molecule has 1 saturated heterocycles. The first kappa shape index (κ1) is 23.7. The molecule has 1 saturated carbocycles. The van der Waals surface area contributed by atoms with Crippen LogP contribution in [0.3, 0.4) is 0 Å². The van der Waals surface area contributed by atoms with E-state index in [2.05, 4.69) is 54.3 Å². The van der Waals surface area contributed by atoms with Crippen LogP contribution in [0, 0.1) is 22.2 Å². The molecule has 176 valence electrons. The second-order valence-corrected chi connectivity index (χ2v) is 10.7. The number of pyridine rings is 1. The van der Waals surface area contributed by atoms with E-state index in [0.717, 1.165) is 32.0 Å². The molecule has 1 aromatic rings. The molecule has 1 amide bonds. The number of nitriles is 1. The van der Waals surface area contributed by atoms with Crippen LogP contribution in [-0.2, 0) is 4.74 Å². The standard InChI is InChI=1S/C25H32ClN5O2/c1-24(2)22(25(3,4)23(24)33-18-7-5-16(14-27)19(26)13-18)30-21(32)17-6-8-20(29-15-17)31-11-9-28-10-12-31/h5-8,15,18,22-23,28H,9-13H2,1-4H3,(H,30,32). The molecule has 2 N–H and O–H groups in total. The average Bonchev–Trinajstić information content (AvgIpc) is 2.81. The monoisotopic (exact) mass is 469 g/mol. The van der Waals surface area contributed by atoms with Crippen molar-refractivity contribution in [2.45, 2.75) is 52.4 Å². The molecule has 0 radical (unpaired) electrons. The number of carbonyl (C=O) groups excluding carboxylic acids is 1. The summed E-state index contributed by atoms with van der Waals surface area (Å²) in [6, 6.07) is 5.80. The maximum atomic E-state index is 13.0. The summed E-state index contributed by atoms with van der Waals surface area (Å²) in [6.45, 7) is 12.2. The van der Waals surface area contributed by atoms with Gasteiger partial charge in [0.05, 0.1) is 23.3 Å². The van der Waals surface area contributed by atoms with Gasteiger partial charge in [-0.2, -0.15) is 5.26 Å². The van der Waals surface area contributed by atoms with E-state index in [-0.39, 0.29) is 35.0 Å². The number of piperazine rings is 1. The molecule has 2 heterocycles. The Morgan fingerprint density at radius 3 is 2.55 bits per heavy atom. The van der Waals surface area contributed by atoms with E-state index in [4.69, 9.17) is 21.6 Å². The van der Waals surface area contributed by atoms with Crippen molar-refractivity contribution in [1.82, 2.24) is 15.6 Å². The Labute approximate surface area is 200 Å². The number of anilines is 1. The van der Waals surface area contributed by atoms with Gasteiger partial charge >= 0.3 is 0 Å². The van der Waals surface area contributed by atoms with Crippen LogP contribution < -0.4 is 15.5 Å². The SMILES string of the molecule is CC1(C)C(NC(=O)c2ccc(N3CCNCC3)nc2)C(C)(C)C1OC1C=CC(C#N)=C(Cl)C1. The first-order valence-electron chi connectivity index (χ1n) is 11.5. The summed E-state index contributed by atoms with van der Waals surface area (Å²) in [6.07, 6.45) is 5.52. The number of rotatable bonds is 5. The summed E-state index contributed by atoms with van der Waals surface area (Å²) < 4.78 is 6.43. The highest BCUT2D eigenvalue weighted by Crippen LogP contribution is 2.56. The van der Waals surface area contributed by atoms with Crippen molar-refractivity contribution in [2.24, 2.45) is 10.8 Å². The van der Waals surface area contributed by atoms with Gasteiger partial charge in [-0.15, -0.1) is 0 Å². The molecule has 33 heavy (non-hydrogen) atoms. The summed E-state index contributed by atoms with van der Waals surface area (Å²) >= 11 is 6.25. The van der Waals surface area contributed by atoms with Crippen molar-refractivity contribution < 1.29 is 9.53 Å². The number of hydrogen-bond acceptors (Lipinski definition) is 6. The molecule has 1 aromatic heterocycles. The number of aromatic nitrogens is 1. The highest BCUT2D eigenvalue weighted by Gasteiger charge is 2.63. The first-order chi connectivity index (χ1) is 15.6. The molecule has 4 rings (SSSR count). The number of nitrogens with one attached hydrogen (secondary N) is 2. The molecule has 1 atom stereocenters. The van der Waals surface area contributed by atoms with Crippen molar-refractivity contribution >= 4 is 23.3 Å². The molecule has 2 fully saturated rings. The van der Waals surface area contributed by atoms with Gasteiger partial charge in [0.2, 0.25) is 0 Å². The van der Waals surface area contributed by atoms with Crippen LogP contribution in [0.1, 0.15) is 44.5 Å². The van der Waals surface area contributed by atoms with Crippen LogP contribution in [0.15, 0.2) is 41.1 Å². The molecule has 1 aliphatic heterocycles. The number of halogens is 1. The minimum absolute atomic E-state index is 0.0661. The van der Waals surface area contributed by atoms with Gasteiger partial charge in [-0.1, -0.05) is 45.4 Å². The quantitative estimate of drug-likeness (QED) is 0.687. The molecule has 2 aliphatic carbocycles. The van der Waals surface area contributed by atoms with Crippen molar-refractivity contribution in [2.75, 3.05) is 31.1 Å². The molecule has 3 aliphatic rings. The summed E-state index contributed by atoms with van der Waals surface area (Å²) in [7, 11) is 0. The third kappa shape index (κ3) is 4.52. The van der Waals surface area contributed by atoms with E-state index in [1.54, 1.807) is 12.3 Å². The number of nitrogens with zero attached hydrogens (tertiary/aromatic N) is 3. The molecule has 8 heteroatoms. The van der Waals surface area contributed by atoms with Gasteiger partial charge in [0, 0.05) is 60.7 Å². The molecular weight excluding hydrogens is 438 g/mol. The van der Waals surface area contributed by atoms with E-state index >= 15 is 0 Å². The summed E-state index contributed by atoms with van der Waals surface area (Å²) in [5, 5.41) is 16.2. The Morgan fingerprint density at radius 2 is 1.97 bits per heavy atom. The Bertz CT molecular complexity index is 987. The number of allylic oxidation sites excluding steroid dienone is 2. The number of hydrogen-bond donors (Lipinski definition) is 2. The topological polar surface area (TPSA) is 90.3 Å². The van der Waals surface area contributed by atoms with Crippen LogP contribution >= 0.6 is 11.6 Å². The third-order valence-electron chi connectivity index (χ3n) is 7.15.